The molecule has 11 nitrogen and oxygen atoms in total. The summed E-state index contributed by atoms with van der Waals surface area (Å²) in [4.78, 5) is 64.9. The van der Waals surface area contributed by atoms with Gasteiger partial charge in [0.1, 0.15) is 24.3 Å². The molecular formula is C34H38N4O7. The summed E-state index contributed by atoms with van der Waals surface area (Å²) in [5.41, 5.74) is 6.67. The van der Waals surface area contributed by atoms with E-state index in [9.17, 15) is 24.0 Å². The fourth-order valence-corrected chi connectivity index (χ4v) is 4.74. The molecule has 0 saturated carbocycles. The van der Waals surface area contributed by atoms with Crippen molar-refractivity contribution in [1.29, 1.82) is 0 Å². The van der Waals surface area contributed by atoms with Crippen LogP contribution in [-0.4, -0.2) is 59.9 Å². The number of hydrogen-bond acceptors (Lipinski definition) is 7. The molecule has 5 N–H and O–H groups in total. The van der Waals surface area contributed by atoms with E-state index in [0.29, 0.717) is 0 Å². The third-order valence-corrected chi connectivity index (χ3v) is 7.43. The van der Waals surface area contributed by atoms with Gasteiger partial charge in [-0.25, -0.2) is 4.79 Å². The van der Waals surface area contributed by atoms with E-state index < -0.39 is 47.5 Å². The molecule has 3 aromatic rings. The van der Waals surface area contributed by atoms with E-state index in [-0.39, 0.29) is 44.7 Å². The maximum Gasteiger partial charge on any atom is 0.408 e. The number of nitrogens with one attached hydrogen (secondary N) is 3. The van der Waals surface area contributed by atoms with Gasteiger partial charge in [-0.05, 0) is 36.5 Å². The normalized spacial score (nSPS) is 17.2. The first-order valence-corrected chi connectivity index (χ1v) is 14.8. The number of rotatable bonds is 16. The Morgan fingerprint density at radius 1 is 0.733 bits per heavy atom. The number of benzene rings is 3. The van der Waals surface area contributed by atoms with E-state index in [1.165, 1.54) is 0 Å². The summed E-state index contributed by atoms with van der Waals surface area (Å²) in [5.74, 6) is -2.24. The minimum atomic E-state index is -1.23. The van der Waals surface area contributed by atoms with Gasteiger partial charge in [-0.15, -0.1) is 0 Å². The van der Waals surface area contributed by atoms with Gasteiger partial charge in [0, 0.05) is 12.8 Å². The minimum Gasteiger partial charge on any atom is -0.445 e. The highest BCUT2D eigenvalue weighted by atomic mass is 16.6. The van der Waals surface area contributed by atoms with Crippen LogP contribution in [0, 0.1) is 0 Å². The number of primary amides is 1. The van der Waals surface area contributed by atoms with Gasteiger partial charge in [0.15, 0.2) is 5.78 Å². The first kappa shape index (κ1) is 32.9. The van der Waals surface area contributed by atoms with Crippen molar-refractivity contribution in [3.8, 4) is 0 Å². The number of carbonyl (C=O) groups excluding carboxylic acids is 5. The fraction of sp³-hybridized carbons (Fsp3) is 0.324. The van der Waals surface area contributed by atoms with Crippen LogP contribution >= 0.6 is 0 Å². The van der Waals surface area contributed by atoms with Crippen molar-refractivity contribution in [3.63, 3.8) is 0 Å². The predicted molar refractivity (Wildman–Crippen MR) is 165 cm³/mol. The molecule has 0 aromatic heterocycles. The molecule has 1 saturated heterocycles. The lowest BCUT2D eigenvalue weighted by Crippen LogP contribution is -2.57. The quantitative estimate of drug-likeness (QED) is 0.180. The number of nitrogens with two attached hydrogens (primary N) is 1. The molecular weight excluding hydrogens is 576 g/mol. The van der Waals surface area contributed by atoms with E-state index in [1.807, 2.05) is 54.6 Å². The van der Waals surface area contributed by atoms with Crippen molar-refractivity contribution in [2.75, 3.05) is 6.61 Å². The lowest BCUT2D eigenvalue weighted by atomic mass is 9.94. The summed E-state index contributed by atoms with van der Waals surface area (Å²) in [5, 5.41) is 8.04. The zero-order valence-corrected chi connectivity index (χ0v) is 25.1. The zero-order chi connectivity index (χ0) is 32.2. The van der Waals surface area contributed by atoms with Gasteiger partial charge in [0.2, 0.25) is 17.7 Å². The number of ketones is 1. The Bertz CT molecular complexity index is 1460. The molecule has 1 aliphatic rings. The second-order valence-corrected chi connectivity index (χ2v) is 11.1. The SMILES string of the molecule is CC1(C(=O)C(Cc2ccccc2)NC(=O)C(Cc2ccccc2)NC(=O)C(CCC(N)=O)NC(=O)OCc2ccccc2)CO1. The monoisotopic (exact) mass is 614 g/mol. The Balaban J connectivity index is 1.50. The molecule has 4 atom stereocenters. The van der Waals surface area contributed by atoms with Crippen LogP contribution in [0.4, 0.5) is 4.79 Å². The molecule has 0 bridgehead atoms. The van der Waals surface area contributed by atoms with Gasteiger partial charge in [0.05, 0.1) is 12.6 Å². The number of Topliss-reactive ketones (excluding diaryl/α,β-unsaturated/α-hetero) is 1. The Hall–Kier alpha value is -5.03. The smallest absolute Gasteiger partial charge is 0.408 e. The van der Waals surface area contributed by atoms with Gasteiger partial charge < -0.3 is 31.2 Å². The Morgan fingerprint density at radius 2 is 1.20 bits per heavy atom. The molecule has 0 radical (unpaired) electrons. The molecule has 4 amide bonds. The molecule has 1 aliphatic heterocycles. The standard InChI is InChI=1S/C34H38N4O7/c1-34(22-45-34)30(40)27(19-23-11-5-2-6-12-23)36-32(42)28(20-24-13-7-3-8-14-24)37-31(41)26(17-18-29(35)39)38-33(43)44-21-25-15-9-4-10-16-25/h2-16,26-28H,17-22H2,1H3,(H2,35,39)(H,36,42)(H,37,41)(H,38,43). The highest BCUT2D eigenvalue weighted by Gasteiger charge is 2.50. The lowest BCUT2D eigenvalue weighted by Gasteiger charge is -2.26. The van der Waals surface area contributed by atoms with Crippen molar-refractivity contribution in [2.24, 2.45) is 5.73 Å². The van der Waals surface area contributed by atoms with Crippen LogP contribution in [0.5, 0.6) is 0 Å². The summed E-state index contributed by atoms with van der Waals surface area (Å²) < 4.78 is 10.6. The summed E-state index contributed by atoms with van der Waals surface area (Å²) >= 11 is 0. The van der Waals surface area contributed by atoms with Gasteiger partial charge in [0.25, 0.3) is 0 Å². The fourth-order valence-electron chi connectivity index (χ4n) is 4.74. The van der Waals surface area contributed by atoms with Crippen molar-refractivity contribution < 1.29 is 33.4 Å². The maximum atomic E-state index is 13.8. The lowest BCUT2D eigenvalue weighted by molar-refractivity contribution is -0.133. The summed E-state index contributed by atoms with van der Waals surface area (Å²) in [6, 6.07) is 24.0. The third-order valence-electron chi connectivity index (χ3n) is 7.43. The predicted octanol–water partition coefficient (Wildman–Crippen LogP) is 2.36. The average Bonchev–Trinajstić information content (AvgIpc) is 3.80. The number of ether oxygens (including phenoxy) is 2. The van der Waals surface area contributed by atoms with Gasteiger partial charge in [-0.2, -0.15) is 0 Å². The first-order chi connectivity index (χ1) is 21.6. The number of hydrogen-bond donors (Lipinski definition) is 4. The van der Waals surface area contributed by atoms with Crippen LogP contribution in [-0.2, 0) is 48.1 Å². The Kier molecular flexibility index (Phi) is 11.4. The second-order valence-electron chi connectivity index (χ2n) is 11.1. The summed E-state index contributed by atoms with van der Waals surface area (Å²) in [6.45, 7) is 1.90. The summed E-state index contributed by atoms with van der Waals surface area (Å²) in [7, 11) is 0. The Morgan fingerprint density at radius 3 is 1.71 bits per heavy atom. The number of epoxide rings is 1. The molecule has 4 unspecified atom stereocenters. The second kappa shape index (κ2) is 15.6. The highest BCUT2D eigenvalue weighted by Crippen LogP contribution is 2.29. The molecule has 4 rings (SSSR count). The molecule has 0 spiro atoms. The van der Waals surface area contributed by atoms with Gasteiger partial charge in [-0.1, -0.05) is 91.0 Å². The van der Waals surface area contributed by atoms with E-state index in [4.69, 9.17) is 15.2 Å². The molecule has 11 heteroatoms. The average molecular weight is 615 g/mol. The van der Waals surface area contributed by atoms with Crippen molar-refractivity contribution in [3.05, 3.63) is 108 Å². The van der Waals surface area contributed by atoms with Crippen LogP contribution in [0.2, 0.25) is 0 Å². The van der Waals surface area contributed by atoms with E-state index in [2.05, 4.69) is 16.0 Å². The topological polar surface area (TPSA) is 169 Å². The molecule has 236 valence electrons. The molecule has 3 aromatic carbocycles. The molecule has 1 fully saturated rings. The van der Waals surface area contributed by atoms with Crippen LogP contribution in [0.3, 0.4) is 0 Å². The molecule has 45 heavy (non-hydrogen) atoms. The largest absolute Gasteiger partial charge is 0.445 e. The van der Waals surface area contributed by atoms with E-state index >= 15 is 0 Å². The van der Waals surface area contributed by atoms with E-state index in [1.54, 1.807) is 43.3 Å². The highest BCUT2D eigenvalue weighted by molar-refractivity contribution is 5.98. The van der Waals surface area contributed by atoms with Crippen LogP contribution in [0.25, 0.3) is 0 Å². The molecule has 0 aliphatic carbocycles. The summed E-state index contributed by atoms with van der Waals surface area (Å²) in [6.07, 6.45) is -0.865. The van der Waals surface area contributed by atoms with Crippen molar-refractivity contribution >= 4 is 29.6 Å². The maximum absolute atomic E-state index is 13.8. The van der Waals surface area contributed by atoms with E-state index in [0.717, 1.165) is 16.7 Å². The van der Waals surface area contributed by atoms with Crippen LogP contribution in [0.15, 0.2) is 91.0 Å². The third kappa shape index (κ3) is 10.3. The van der Waals surface area contributed by atoms with Crippen molar-refractivity contribution in [1.82, 2.24) is 16.0 Å². The van der Waals surface area contributed by atoms with Crippen LogP contribution in [0.1, 0.15) is 36.5 Å². The van der Waals surface area contributed by atoms with Gasteiger partial charge >= 0.3 is 6.09 Å². The number of amides is 4. The minimum absolute atomic E-state index is 0.0324. The first-order valence-electron chi connectivity index (χ1n) is 14.8. The van der Waals surface area contributed by atoms with Crippen LogP contribution < -0.4 is 21.7 Å². The molecule has 1 heterocycles. The Labute approximate surface area is 261 Å². The van der Waals surface area contributed by atoms with Crippen molar-refractivity contribution in [2.45, 2.75) is 62.9 Å². The zero-order valence-electron chi connectivity index (χ0n) is 25.1. The number of alkyl carbamates (subject to hydrolysis) is 1. The number of carbonyl (C=O) groups is 5. The van der Waals surface area contributed by atoms with Gasteiger partial charge in [-0.3, -0.25) is 19.2 Å².